The first-order valence-corrected chi connectivity index (χ1v) is 7.94. The maximum atomic E-state index is 12.0. The zero-order valence-corrected chi connectivity index (χ0v) is 12.9. The van der Waals surface area contributed by atoms with E-state index < -0.39 is 6.23 Å². The number of rotatable bonds is 3. The summed E-state index contributed by atoms with van der Waals surface area (Å²) >= 11 is 1.06. The Morgan fingerprint density at radius 2 is 2.10 bits per heavy atom. The Morgan fingerprint density at radius 1 is 1.33 bits per heavy atom. The molecule has 1 unspecified atom stereocenters. The van der Waals surface area contributed by atoms with Crippen LogP contribution in [0.15, 0.2) is 35.1 Å². The molecule has 1 fully saturated rings. The van der Waals surface area contributed by atoms with Gasteiger partial charge in [-0.2, -0.15) is 0 Å². The van der Waals surface area contributed by atoms with E-state index in [1.54, 1.807) is 0 Å². The summed E-state index contributed by atoms with van der Waals surface area (Å²) in [6.07, 6.45) is -0.106. The summed E-state index contributed by atoms with van der Waals surface area (Å²) in [7, 11) is 0. The monoisotopic (exact) mass is 306 g/mol. The van der Waals surface area contributed by atoms with Crippen molar-refractivity contribution in [3.8, 4) is 5.75 Å². The summed E-state index contributed by atoms with van der Waals surface area (Å²) < 4.78 is 5.89. The van der Waals surface area contributed by atoms with E-state index in [4.69, 9.17) is 4.74 Å². The van der Waals surface area contributed by atoms with Gasteiger partial charge in [0.25, 0.3) is 5.24 Å². The van der Waals surface area contributed by atoms with Crippen LogP contribution in [0, 0.1) is 0 Å². The Labute approximate surface area is 128 Å². The van der Waals surface area contributed by atoms with Gasteiger partial charge in [0.2, 0.25) is 5.88 Å². The van der Waals surface area contributed by atoms with Crippen molar-refractivity contribution in [1.82, 2.24) is 4.90 Å². The fourth-order valence-corrected chi connectivity index (χ4v) is 3.56. The van der Waals surface area contributed by atoms with Gasteiger partial charge in [0.05, 0.1) is 5.69 Å². The van der Waals surface area contributed by atoms with Gasteiger partial charge in [-0.25, -0.2) is 0 Å². The van der Waals surface area contributed by atoms with Crippen molar-refractivity contribution in [2.24, 2.45) is 0 Å². The number of carbonyl (C=O) groups excluding carboxylic acids is 1. The second kappa shape index (κ2) is 5.61. The number of carbonyl (C=O) groups is 1. The van der Waals surface area contributed by atoms with Crippen molar-refractivity contribution in [2.45, 2.75) is 26.5 Å². The Hall–Kier alpha value is -1.66. The average Bonchev–Trinajstić information content (AvgIpc) is 2.99. The van der Waals surface area contributed by atoms with Gasteiger partial charge < -0.3 is 19.6 Å². The second-order valence-corrected chi connectivity index (χ2v) is 5.91. The van der Waals surface area contributed by atoms with Crippen molar-refractivity contribution < 1.29 is 14.6 Å². The Morgan fingerprint density at radius 3 is 2.81 bits per heavy atom. The normalized spacial score (nSPS) is 24.5. The van der Waals surface area contributed by atoms with E-state index >= 15 is 0 Å². The highest BCUT2D eigenvalue weighted by molar-refractivity contribution is 8.17. The molecule has 21 heavy (non-hydrogen) atoms. The molecule has 1 saturated heterocycles. The van der Waals surface area contributed by atoms with Crippen molar-refractivity contribution in [1.29, 1.82) is 0 Å². The lowest BCUT2D eigenvalue weighted by Crippen LogP contribution is -2.34. The lowest BCUT2D eigenvalue weighted by atomic mass is 10.3. The molecule has 0 radical (unpaired) electrons. The number of ether oxygens (including phenoxy) is 1. The molecular formula is C15H18N2O3S. The Bertz CT molecular complexity index is 602. The number of thioether (sulfide) groups is 1. The van der Waals surface area contributed by atoms with Crippen LogP contribution in [0.5, 0.6) is 5.75 Å². The zero-order valence-electron chi connectivity index (χ0n) is 12.1. The number of amides is 1. The molecular weight excluding hydrogens is 288 g/mol. The third-order valence-electron chi connectivity index (χ3n) is 3.56. The largest absolute Gasteiger partial charge is 0.438 e. The third kappa shape index (κ3) is 2.28. The smallest absolute Gasteiger partial charge is 0.288 e. The number of aliphatic hydroxyl groups is 1. The topological polar surface area (TPSA) is 53.0 Å². The number of anilines is 1. The second-order valence-electron chi connectivity index (χ2n) is 4.92. The molecule has 1 aromatic rings. The summed E-state index contributed by atoms with van der Waals surface area (Å²) in [6.45, 7) is 5.26. The molecule has 0 saturated carbocycles. The lowest BCUT2D eigenvalue weighted by molar-refractivity contribution is 0.0784. The van der Waals surface area contributed by atoms with Crippen LogP contribution in [0.25, 0.3) is 0 Å². The van der Waals surface area contributed by atoms with Gasteiger partial charge in [0, 0.05) is 13.1 Å². The standard InChI is InChI=1S/C15H18N2O3S/c1-3-9-17-13(18)12(21-15(17)19)14-16(4-2)10-7-5-6-8-11(10)20-14/h5-8,13,18H,3-4,9H2,1-2H3/b14-12-. The van der Waals surface area contributed by atoms with Crippen molar-refractivity contribution in [3.63, 3.8) is 0 Å². The number of para-hydroxylation sites is 2. The summed E-state index contributed by atoms with van der Waals surface area (Å²) in [5.74, 6) is 1.33. The fraction of sp³-hybridized carbons (Fsp3) is 0.400. The van der Waals surface area contributed by atoms with E-state index in [2.05, 4.69) is 0 Å². The van der Waals surface area contributed by atoms with Crippen LogP contribution in [0.4, 0.5) is 10.5 Å². The molecule has 1 N–H and O–H groups in total. The van der Waals surface area contributed by atoms with E-state index in [0.717, 1.165) is 29.6 Å². The van der Waals surface area contributed by atoms with E-state index in [1.807, 2.05) is 43.0 Å². The molecule has 1 atom stereocenters. The SMILES string of the molecule is CCCN1C(=O)S/C(=C2\Oc3ccccc3N2CC)C1O. The molecule has 1 aromatic carbocycles. The Kier molecular flexibility index (Phi) is 3.82. The summed E-state index contributed by atoms with van der Waals surface area (Å²) in [5, 5.41) is 10.3. The predicted octanol–water partition coefficient (Wildman–Crippen LogP) is 2.97. The number of benzene rings is 1. The maximum absolute atomic E-state index is 12.0. The zero-order chi connectivity index (χ0) is 15.0. The van der Waals surface area contributed by atoms with Gasteiger partial charge in [0.15, 0.2) is 12.0 Å². The van der Waals surface area contributed by atoms with Crippen molar-refractivity contribution in [2.75, 3.05) is 18.0 Å². The molecule has 2 aliphatic heterocycles. The number of fused-ring (bicyclic) bond motifs is 1. The molecule has 1 amide bonds. The summed E-state index contributed by atoms with van der Waals surface area (Å²) in [4.78, 5) is 16.1. The first-order valence-electron chi connectivity index (χ1n) is 7.12. The molecule has 6 heteroatoms. The molecule has 112 valence electrons. The number of hydrogen-bond acceptors (Lipinski definition) is 5. The predicted molar refractivity (Wildman–Crippen MR) is 83.1 cm³/mol. The third-order valence-corrected chi connectivity index (χ3v) is 4.58. The van der Waals surface area contributed by atoms with Crippen LogP contribution >= 0.6 is 11.8 Å². The van der Waals surface area contributed by atoms with Crippen LogP contribution in [0.3, 0.4) is 0 Å². The minimum Gasteiger partial charge on any atom is -0.438 e. The highest BCUT2D eigenvalue weighted by Crippen LogP contribution is 2.45. The van der Waals surface area contributed by atoms with Crippen LogP contribution in [-0.2, 0) is 0 Å². The van der Waals surface area contributed by atoms with Gasteiger partial charge in [-0.1, -0.05) is 19.1 Å². The van der Waals surface area contributed by atoms with E-state index in [9.17, 15) is 9.90 Å². The maximum Gasteiger partial charge on any atom is 0.288 e. The molecule has 0 spiro atoms. The summed E-state index contributed by atoms with van der Waals surface area (Å²) in [6, 6.07) is 7.73. The van der Waals surface area contributed by atoms with Crippen molar-refractivity contribution >= 4 is 22.7 Å². The molecule has 3 rings (SSSR count). The lowest BCUT2D eigenvalue weighted by Gasteiger charge is -2.21. The van der Waals surface area contributed by atoms with Crippen molar-refractivity contribution in [3.05, 3.63) is 35.1 Å². The molecule has 5 nitrogen and oxygen atoms in total. The van der Waals surface area contributed by atoms with Gasteiger partial charge in [-0.05, 0) is 37.2 Å². The first-order chi connectivity index (χ1) is 10.2. The molecule has 0 aliphatic carbocycles. The van der Waals surface area contributed by atoms with Gasteiger partial charge in [0.1, 0.15) is 4.91 Å². The van der Waals surface area contributed by atoms with E-state index in [-0.39, 0.29) is 5.24 Å². The number of nitrogens with zero attached hydrogens (tertiary/aromatic N) is 2. The molecule has 2 aliphatic rings. The molecule has 0 bridgehead atoms. The number of hydrogen-bond donors (Lipinski definition) is 1. The minimum absolute atomic E-state index is 0.123. The quantitative estimate of drug-likeness (QED) is 0.930. The fourth-order valence-electron chi connectivity index (χ4n) is 2.59. The van der Waals surface area contributed by atoms with Gasteiger partial charge >= 0.3 is 0 Å². The average molecular weight is 306 g/mol. The first kappa shape index (κ1) is 14.3. The van der Waals surface area contributed by atoms with E-state index in [0.29, 0.717) is 23.9 Å². The molecule has 0 aromatic heterocycles. The summed E-state index contributed by atoms with van der Waals surface area (Å²) in [5.41, 5.74) is 0.969. The van der Waals surface area contributed by atoms with Crippen LogP contribution < -0.4 is 9.64 Å². The van der Waals surface area contributed by atoms with Crippen LogP contribution in [0.1, 0.15) is 20.3 Å². The van der Waals surface area contributed by atoms with Gasteiger partial charge in [-0.15, -0.1) is 0 Å². The van der Waals surface area contributed by atoms with Gasteiger partial charge in [-0.3, -0.25) is 4.79 Å². The number of aliphatic hydroxyl groups excluding tert-OH is 1. The highest BCUT2D eigenvalue weighted by Gasteiger charge is 2.41. The van der Waals surface area contributed by atoms with Crippen LogP contribution in [0.2, 0.25) is 0 Å². The van der Waals surface area contributed by atoms with Crippen LogP contribution in [-0.4, -0.2) is 34.6 Å². The highest BCUT2D eigenvalue weighted by atomic mass is 32.2. The van der Waals surface area contributed by atoms with E-state index in [1.165, 1.54) is 4.90 Å². The minimum atomic E-state index is -0.916. The Balaban J connectivity index is 1.99. The molecule has 2 heterocycles.